The smallest absolute Gasteiger partial charge is 0.304 e. The Hall–Kier alpha value is -0.660. The second-order valence-electron chi connectivity index (χ2n) is 4.93. The van der Waals surface area contributed by atoms with Crippen molar-refractivity contribution in [2.45, 2.75) is 57.5 Å². The van der Waals surface area contributed by atoms with Crippen LogP contribution in [0.3, 0.4) is 0 Å². The van der Waals surface area contributed by atoms with Crippen molar-refractivity contribution in [1.82, 2.24) is 9.03 Å². The highest BCUT2D eigenvalue weighted by Gasteiger charge is 2.28. The summed E-state index contributed by atoms with van der Waals surface area (Å²) in [5.74, 6) is -1.01. The first-order valence-corrected chi connectivity index (χ1v) is 7.74. The lowest BCUT2D eigenvalue weighted by molar-refractivity contribution is -0.137. The van der Waals surface area contributed by atoms with Gasteiger partial charge in [0, 0.05) is 19.1 Å². The third-order valence-corrected chi connectivity index (χ3v) is 5.06. The summed E-state index contributed by atoms with van der Waals surface area (Å²) >= 11 is 0. The Balaban J connectivity index is 2.58. The number of nitrogens with one attached hydrogen (secondary N) is 1. The molecule has 1 aliphatic carbocycles. The van der Waals surface area contributed by atoms with E-state index in [0.717, 1.165) is 32.1 Å². The van der Waals surface area contributed by atoms with E-state index in [1.54, 1.807) is 14.0 Å². The van der Waals surface area contributed by atoms with Crippen LogP contribution < -0.4 is 4.72 Å². The molecular formula is C11H22N2O4S. The zero-order chi connectivity index (χ0) is 13.8. The number of hydrogen-bond donors (Lipinski definition) is 2. The summed E-state index contributed by atoms with van der Waals surface area (Å²) in [5.41, 5.74) is 0. The lowest BCUT2D eigenvalue weighted by Gasteiger charge is -2.31. The molecule has 0 spiro atoms. The first-order chi connectivity index (χ1) is 8.33. The molecule has 0 bridgehead atoms. The van der Waals surface area contributed by atoms with Gasteiger partial charge in [-0.3, -0.25) is 4.79 Å². The average Bonchev–Trinajstić information content (AvgIpc) is 2.27. The van der Waals surface area contributed by atoms with Crippen LogP contribution in [0.4, 0.5) is 0 Å². The second-order valence-corrected chi connectivity index (χ2v) is 6.69. The molecule has 0 amide bonds. The fourth-order valence-electron chi connectivity index (χ4n) is 2.28. The quantitative estimate of drug-likeness (QED) is 0.757. The van der Waals surface area contributed by atoms with Gasteiger partial charge in [-0.1, -0.05) is 19.3 Å². The van der Waals surface area contributed by atoms with Crippen molar-refractivity contribution in [3.8, 4) is 0 Å². The van der Waals surface area contributed by atoms with Crippen LogP contribution >= 0.6 is 0 Å². The van der Waals surface area contributed by atoms with Crippen LogP contribution in [0.15, 0.2) is 0 Å². The molecule has 1 saturated carbocycles. The van der Waals surface area contributed by atoms with E-state index in [-0.39, 0.29) is 12.5 Å². The number of hydrogen-bond acceptors (Lipinski definition) is 3. The predicted octanol–water partition coefficient (Wildman–Crippen LogP) is 0.949. The van der Waals surface area contributed by atoms with Gasteiger partial charge in [0.2, 0.25) is 0 Å². The Morgan fingerprint density at radius 1 is 1.39 bits per heavy atom. The molecule has 0 radical (unpaired) electrons. The summed E-state index contributed by atoms with van der Waals surface area (Å²) < 4.78 is 27.8. The topological polar surface area (TPSA) is 86.7 Å². The van der Waals surface area contributed by atoms with Gasteiger partial charge >= 0.3 is 5.97 Å². The summed E-state index contributed by atoms with van der Waals surface area (Å²) in [6.07, 6.45) is 4.81. The third kappa shape index (κ3) is 4.55. The zero-order valence-electron chi connectivity index (χ0n) is 10.9. The van der Waals surface area contributed by atoms with Crippen molar-refractivity contribution < 1.29 is 18.3 Å². The van der Waals surface area contributed by atoms with Gasteiger partial charge < -0.3 is 5.11 Å². The number of carbonyl (C=O) groups is 1. The SMILES string of the molecule is CC(CC(=O)O)NS(=O)(=O)N(C)C1CCCCC1. The van der Waals surface area contributed by atoms with Gasteiger partial charge in [0.1, 0.15) is 0 Å². The van der Waals surface area contributed by atoms with E-state index >= 15 is 0 Å². The molecule has 1 atom stereocenters. The molecule has 0 aromatic heterocycles. The first-order valence-electron chi connectivity index (χ1n) is 6.30. The molecule has 6 nitrogen and oxygen atoms in total. The minimum Gasteiger partial charge on any atom is -0.481 e. The van der Waals surface area contributed by atoms with Crippen molar-refractivity contribution in [3.05, 3.63) is 0 Å². The highest BCUT2D eigenvalue weighted by Crippen LogP contribution is 2.23. The van der Waals surface area contributed by atoms with Crippen LogP contribution in [0.1, 0.15) is 45.4 Å². The normalized spacial score (nSPS) is 19.9. The third-order valence-electron chi connectivity index (χ3n) is 3.30. The number of nitrogens with zero attached hydrogens (tertiary/aromatic N) is 1. The molecule has 1 aliphatic rings. The molecule has 0 aromatic carbocycles. The van der Waals surface area contributed by atoms with Crippen LogP contribution in [0.25, 0.3) is 0 Å². The highest BCUT2D eigenvalue weighted by molar-refractivity contribution is 7.87. The maximum atomic E-state index is 12.0. The minimum atomic E-state index is -3.58. The van der Waals surface area contributed by atoms with Crippen molar-refractivity contribution in [3.63, 3.8) is 0 Å². The lowest BCUT2D eigenvalue weighted by Crippen LogP contribution is -2.47. The molecule has 1 rings (SSSR count). The van der Waals surface area contributed by atoms with Crippen molar-refractivity contribution in [2.24, 2.45) is 0 Å². The van der Waals surface area contributed by atoms with Crippen LogP contribution in [-0.2, 0) is 15.0 Å². The van der Waals surface area contributed by atoms with E-state index in [0.29, 0.717) is 0 Å². The molecule has 1 unspecified atom stereocenters. The van der Waals surface area contributed by atoms with Crippen molar-refractivity contribution in [1.29, 1.82) is 0 Å². The molecule has 18 heavy (non-hydrogen) atoms. The largest absolute Gasteiger partial charge is 0.481 e. The van der Waals surface area contributed by atoms with E-state index in [9.17, 15) is 13.2 Å². The summed E-state index contributed by atoms with van der Waals surface area (Å²) in [5, 5.41) is 8.62. The highest BCUT2D eigenvalue weighted by atomic mass is 32.2. The summed E-state index contributed by atoms with van der Waals surface area (Å²) in [4.78, 5) is 10.5. The Kier molecular flexibility index (Phi) is 5.55. The Morgan fingerprint density at radius 3 is 2.44 bits per heavy atom. The van der Waals surface area contributed by atoms with Gasteiger partial charge in [0.15, 0.2) is 0 Å². The van der Waals surface area contributed by atoms with E-state index in [1.165, 1.54) is 4.31 Å². The average molecular weight is 278 g/mol. The van der Waals surface area contributed by atoms with Crippen LogP contribution in [-0.4, -0.2) is 42.9 Å². The fourth-order valence-corrected chi connectivity index (χ4v) is 3.64. The summed E-state index contributed by atoms with van der Waals surface area (Å²) in [6.45, 7) is 1.56. The minimum absolute atomic E-state index is 0.0354. The summed E-state index contributed by atoms with van der Waals surface area (Å²) in [6, 6.07) is -0.563. The maximum Gasteiger partial charge on any atom is 0.304 e. The van der Waals surface area contributed by atoms with Gasteiger partial charge in [-0.15, -0.1) is 0 Å². The van der Waals surface area contributed by atoms with Gasteiger partial charge in [0.05, 0.1) is 6.42 Å². The van der Waals surface area contributed by atoms with E-state index in [4.69, 9.17) is 5.11 Å². The van der Waals surface area contributed by atoms with E-state index in [2.05, 4.69) is 4.72 Å². The predicted molar refractivity (Wildman–Crippen MR) is 68.4 cm³/mol. The second kappa shape index (κ2) is 6.49. The number of carboxylic acid groups (broad SMARTS) is 1. The first kappa shape index (κ1) is 15.4. The van der Waals surface area contributed by atoms with Crippen molar-refractivity contribution in [2.75, 3.05) is 7.05 Å². The molecule has 1 fully saturated rings. The van der Waals surface area contributed by atoms with Crippen LogP contribution in [0, 0.1) is 0 Å². The van der Waals surface area contributed by atoms with Crippen molar-refractivity contribution >= 4 is 16.2 Å². The standard InChI is InChI=1S/C11H22N2O4S/c1-9(8-11(14)15)12-18(16,17)13(2)10-6-4-3-5-7-10/h9-10,12H,3-8H2,1-2H3,(H,14,15). The molecule has 0 aliphatic heterocycles. The number of carboxylic acids is 1. The van der Waals surface area contributed by atoms with Crippen LogP contribution in [0.5, 0.6) is 0 Å². The molecule has 0 heterocycles. The zero-order valence-corrected chi connectivity index (χ0v) is 11.7. The monoisotopic (exact) mass is 278 g/mol. The van der Waals surface area contributed by atoms with E-state index in [1.807, 2.05) is 0 Å². The molecule has 7 heteroatoms. The van der Waals surface area contributed by atoms with Crippen LogP contribution in [0.2, 0.25) is 0 Å². The number of rotatable bonds is 6. The molecule has 0 aromatic rings. The molecular weight excluding hydrogens is 256 g/mol. The van der Waals surface area contributed by atoms with E-state index < -0.39 is 22.2 Å². The Bertz CT molecular complexity index is 377. The molecule has 0 saturated heterocycles. The van der Waals surface area contributed by atoms with Gasteiger partial charge in [-0.2, -0.15) is 17.4 Å². The molecule has 106 valence electrons. The fraction of sp³-hybridized carbons (Fsp3) is 0.909. The van der Waals surface area contributed by atoms with Gasteiger partial charge in [-0.05, 0) is 19.8 Å². The summed E-state index contributed by atoms with van der Waals surface area (Å²) in [7, 11) is -2.02. The van der Waals surface area contributed by atoms with Gasteiger partial charge in [-0.25, -0.2) is 0 Å². The lowest BCUT2D eigenvalue weighted by atomic mass is 9.96. The molecule has 2 N–H and O–H groups in total. The maximum absolute atomic E-state index is 12.0. The Labute approximate surface area is 109 Å². The van der Waals surface area contributed by atoms with Gasteiger partial charge in [0.25, 0.3) is 10.2 Å². The number of aliphatic carboxylic acids is 1. The Morgan fingerprint density at radius 2 is 1.94 bits per heavy atom.